The minimum Gasteiger partial charge on any atom is -0.469 e. The number of carbonyl (C=O) groups excluding carboxylic acids is 1. The number of rotatable bonds is 8. The number of hydrogen-bond donors (Lipinski definition) is 1. The molecule has 18 heavy (non-hydrogen) atoms. The van der Waals surface area contributed by atoms with Crippen LogP contribution in [0, 0.1) is 5.92 Å². The summed E-state index contributed by atoms with van der Waals surface area (Å²) in [5.74, 6) is 0.752. The Hall–Kier alpha value is -0.610. The maximum absolute atomic E-state index is 11.0. The van der Waals surface area contributed by atoms with Gasteiger partial charge in [-0.15, -0.1) is 0 Å². The van der Waals surface area contributed by atoms with Crippen molar-refractivity contribution in [1.82, 2.24) is 10.2 Å². The third-order valence-electron chi connectivity index (χ3n) is 3.65. The Balaban J connectivity index is 2.02. The number of carbonyl (C=O) groups is 1. The minimum atomic E-state index is -0.0892. The van der Waals surface area contributed by atoms with Crippen molar-refractivity contribution >= 4 is 5.97 Å². The Kier molecular flexibility index (Phi) is 8.01. The van der Waals surface area contributed by atoms with Gasteiger partial charge in [0.1, 0.15) is 0 Å². The van der Waals surface area contributed by atoms with Gasteiger partial charge in [0, 0.05) is 6.42 Å². The molecule has 1 heterocycles. The molecule has 0 aromatic heterocycles. The number of methoxy groups -OCH3 is 1. The Morgan fingerprint density at radius 3 is 2.72 bits per heavy atom. The zero-order valence-corrected chi connectivity index (χ0v) is 11.9. The summed E-state index contributed by atoms with van der Waals surface area (Å²) >= 11 is 0. The van der Waals surface area contributed by atoms with Crippen LogP contribution >= 0.6 is 0 Å². The number of nitrogens with one attached hydrogen (secondary N) is 1. The van der Waals surface area contributed by atoms with Gasteiger partial charge in [-0.2, -0.15) is 0 Å². The van der Waals surface area contributed by atoms with Crippen LogP contribution in [0.2, 0.25) is 0 Å². The number of ether oxygens (including phenoxy) is 1. The lowest BCUT2D eigenvalue weighted by Gasteiger charge is -2.32. The summed E-state index contributed by atoms with van der Waals surface area (Å²) in [5.41, 5.74) is 0. The van der Waals surface area contributed by atoms with Gasteiger partial charge in [0.15, 0.2) is 0 Å². The molecule has 1 fully saturated rings. The van der Waals surface area contributed by atoms with Crippen molar-refractivity contribution in [2.45, 2.75) is 39.0 Å². The number of nitrogens with zero attached hydrogens (tertiary/aromatic N) is 1. The van der Waals surface area contributed by atoms with Crippen molar-refractivity contribution in [3.8, 4) is 0 Å². The third kappa shape index (κ3) is 6.36. The first-order chi connectivity index (χ1) is 8.76. The number of hydrogen-bond acceptors (Lipinski definition) is 4. The van der Waals surface area contributed by atoms with Crippen LogP contribution in [-0.2, 0) is 9.53 Å². The van der Waals surface area contributed by atoms with E-state index in [0.29, 0.717) is 6.42 Å². The Labute approximate surface area is 111 Å². The summed E-state index contributed by atoms with van der Waals surface area (Å²) in [6, 6.07) is 0. The number of likely N-dealkylation sites (tertiary alicyclic amines) is 1. The molecular formula is C14H28N2O2. The van der Waals surface area contributed by atoms with E-state index in [0.717, 1.165) is 25.4 Å². The Bertz CT molecular complexity index is 226. The van der Waals surface area contributed by atoms with E-state index in [-0.39, 0.29) is 5.97 Å². The molecule has 0 aromatic rings. The van der Waals surface area contributed by atoms with Gasteiger partial charge < -0.3 is 15.0 Å². The zero-order valence-electron chi connectivity index (χ0n) is 11.9. The SMILES string of the molecule is CCCNCC1CCN(CCCC(=O)OC)CC1. The van der Waals surface area contributed by atoms with E-state index in [1.807, 2.05) is 0 Å². The van der Waals surface area contributed by atoms with E-state index in [4.69, 9.17) is 0 Å². The Morgan fingerprint density at radius 2 is 2.11 bits per heavy atom. The van der Waals surface area contributed by atoms with Crippen molar-refractivity contribution in [3.63, 3.8) is 0 Å². The van der Waals surface area contributed by atoms with Gasteiger partial charge in [-0.25, -0.2) is 0 Å². The van der Waals surface area contributed by atoms with Crippen molar-refractivity contribution in [3.05, 3.63) is 0 Å². The van der Waals surface area contributed by atoms with Gasteiger partial charge in [0.05, 0.1) is 7.11 Å². The van der Waals surface area contributed by atoms with E-state index in [9.17, 15) is 4.79 Å². The molecule has 0 aromatic carbocycles. The lowest BCUT2D eigenvalue weighted by Crippen LogP contribution is -2.38. The molecule has 4 heteroatoms. The van der Waals surface area contributed by atoms with Gasteiger partial charge in [-0.1, -0.05) is 6.92 Å². The quantitative estimate of drug-likeness (QED) is 0.530. The van der Waals surface area contributed by atoms with Crippen LogP contribution in [0.15, 0.2) is 0 Å². The Morgan fingerprint density at radius 1 is 1.39 bits per heavy atom. The fourth-order valence-electron chi connectivity index (χ4n) is 2.45. The minimum absolute atomic E-state index is 0.0892. The summed E-state index contributed by atoms with van der Waals surface area (Å²) in [7, 11) is 1.46. The smallest absolute Gasteiger partial charge is 0.305 e. The first kappa shape index (κ1) is 15.4. The normalized spacial score (nSPS) is 17.9. The molecule has 1 saturated heterocycles. The molecule has 0 saturated carbocycles. The first-order valence-corrected chi connectivity index (χ1v) is 7.26. The highest BCUT2D eigenvalue weighted by atomic mass is 16.5. The molecule has 4 nitrogen and oxygen atoms in total. The van der Waals surface area contributed by atoms with Gasteiger partial charge >= 0.3 is 5.97 Å². The van der Waals surface area contributed by atoms with Crippen molar-refractivity contribution < 1.29 is 9.53 Å². The zero-order chi connectivity index (χ0) is 13.2. The van der Waals surface area contributed by atoms with Crippen LogP contribution in [0.3, 0.4) is 0 Å². The topological polar surface area (TPSA) is 41.6 Å². The van der Waals surface area contributed by atoms with Crippen LogP contribution in [0.1, 0.15) is 39.0 Å². The average molecular weight is 256 g/mol. The number of esters is 1. The first-order valence-electron chi connectivity index (χ1n) is 7.26. The maximum atomic E-state index is 11.0. The largest absolute Gasteiger partial charge is 0.469 e. The molecule has 0 spiro atoms. The van der Waals surface area contributed by atoms with E-state index in [2.05, 4.69) is 21.9 Å². The van der Waals surface area contributed by atoms with Crippen LogP contribution in [0.25, 0.3) is 0 Å². The molecule has 1 N–H and O–H groups in total. The molecule has 1 rings (SSSR count). The molecule has 0 unspecified atom stereocenters. The second kappa shape index (κ2) is 9.34. The highest BCUT2D eigenvalue weighted by Crippen LogP contribution is 2.16. The van der Waals surface area contributed by atoms with Crippen LogP contribution in [0.5, 0.6) is 0 Å². The highest BCUT2D eigenvalue weighted by molar-refractivity contribution is 5.69. The van der Waals surface area contributed by atoms with Gasteiger partial charge in [-0.3, -0.25) is 4.79 Å². The second-order valence-corrected chi connectivity index (χ2v) is 5.17. The molecular weight excluding hydrogens is 228 g/mol. The average Bonchev–Trinajstić information content (AvgIpc) is 2.40. The van der Waals surface area contributed by atoms with Gasteiger partial charge in [-0.05, 0) is 64.3 Å². The molecule has 1 aliphatic heterocycles. The van der Waals surface area contributed by atoms with Crippen LogP contribution in [0.4, 0.5) is 0 Å². The van der Waals surface area contributed by atoms with Crippen molar-refractivity contribution in [1.29, 1.82) is 0 Å². The summed E-state index contributed by atoms with van der Waals surface area (Å²) in [4.78, 5) is 13.5. The maximum Gasteiger partial charge on any atom is 0.305 e. The molecule has 0 atom stereocenters. The molecule has 0 amide bonds. The number of piperidine rings is 1. The lowest BCUT2D eigenvalue weighted by molar-refractivity contribution is -0.140. The predicted octanol–water partition coefficient (Wildman–Crippen LogP) is 1.65. The highest BCUT2D eigenvalue weighted by Gasteiger charge is 2.18. The van der Waals surface area contributed by atoms with E-state index < -0.39 is 0 Å². The second-order valence-electron chi connectivity index (χ2n) is 5.17. The third-order valence-corrected chi connectivity index (χ3v) is 3.65. The molecule has 0 bridgehead atoms. The molecule has 106 valence electrons. The van der Waals surface area contributed by atoms with Gasteiger partial charge in [0.2, 0.25) is 0 Å². The fourth-order valence-corrected chi connectivity index (χ4v) is 2.45. The molecule has 0 aliphatic carbocycles. The standard InChI is InChI=1S/C14H28N2O2/c1-3-8-15-12-13-6-10-16(11-7-13)9-4-5-14(17)18-2/h13,15H,3-12H2,1-2H3. The fraction of sp³-hybridized carbons (Fsp3) is 0.929. The lowest BCUT2D eigenvalue weighted by atomic mass is 9.96. The van der Waals surface area contributed by atoms with E-state index in [1.54, 1.807) is 0 Å². The van der Waals surface area contributed by atoms with Gasteiger partial charge in [0.25, 0.3) is 0 Å². The monoisotopic (exact) mass is 256 g/mol. The predicted molar refractivity (Wildman–Crippen MR) is 73.6 cm³/mol. The van der Waals surface area contributed by atoms with E-state index in [1.165, 1.54) is 46.0 Å². The van der Waals surface area contributed by atoms with Crippen LogP contribution in [-0.4, -0.2) is 50.7 Å². The van der Waals surface area contributed by atoms with Crippen LogP contribution < -0.4 is 5.32 Å². The molecule has 1 aliphatic rings. The summed E-state index contributed by atoms with van der Waals surface area (Å²) in [6.07, 6.45) is 5.26. The summed E-state index contributed by atoms with van der Waals surface area (Å²) in [6.45, 7) is 7.91. The summed E-state index contributed by atoms with van der Waals surface area (Å²) < 4.78 is 4.65. The van der Waals surface area contributed by atoms with E-state index >= 15 is 0 Å². The van der Waals surface area contributed by atoms with Crippen molar-refractivity contribution in [2.24, 2.45) is 5.92 Å². The molecule has 0 radical (unpaired) electrons. The summed E-state index contributed by atoms with van der Waals surface area (Å²) in [5, 5.41) is 3.51. The van der Waals surface area contributed by atoms with Crippen molar-refractivity contribution in [2.75, 3.05) is 39.8 Å².